The lowest BCUT2D eigenvalue weighted by molar-refractivity contribution is -0.420. The van der Waals surface area contributed by atoms with Crippen molar-refractivity contribution in [2.75, 3.05) is 13.2 Å². The maximum atomic E-state index is 12.1. The summed E-state index contributed by atoms with van der Waals surface area (Å²) in [5.41, 5.74) is -0.0149. The van der Waals surface area contributed by atoms with Gasteiger partial charge in [0.05, 0.1) is 12.4 Å². The lowest BCUT2D eigenvalue weighted by Crippen LogP contribution is -2.49. The van der Waals surface area contributed by atoms with Crippen LogP contribution in [0.25, 0.3) is 0 Å². The molecule has 154 valence electrons. The van der Waals surface area contributed by atoms with Gasteiger partial charge in [-0.15, -0.1) is 4.74 Å². The standard InChI is InChI=1S/C17H25N5O5S/c1-13-4-2-5-14(22(13)28(25)26)11-27-16-10-15(21(16)24)17(23)19-6-3-8-20-9-7-18-12-20/h7,9-10,12-14H,2-6,8,11H2,1H3,(H,19,23)(H,25,26)/p-1. The molecule has 1 aromatic heterocycles. The van der Waals surface area contributed by atoms with Crippen LogP contribution >= 0.6 is 0 Å². The second-order valence-corrected chi connectivity index (χ2v) is 7.75. The Balaban J connectivity index is 1.42. The molecule has 1 aromatic rings. The largest absolute Gasteiger partial charge is 0.760 e. The van der Waals surface area contributed by atoms with Gasteiger partial charge < -0.3 is 24.4 Å². The van der Waals surface area contributed by atoms with Crippen molar-refractivity contribution in [1.82, 2.24) is 19.2 Å². The molecular weight excluding hydrogens is 386 g/mol. The molecule has 0 aromatic carbocycles. The minimum atomic E-state index is -2.33. The van der Waals surface area contributed by atoms with E-state index in [-0.39, 0.29) is 30.3 Å². The molecule has 1 amide bonds. The van der Waals surface area contributed by atoms with E-state index in [1.807, 2.05) is 17.7 Å². The molecule has 11 heteroatoms. The first kappa shape index (κ1) is 20.5. The lowest BCUT2D eigenvalue weighted by atomic mass is 10.0. The Labute approximate surface area is 165 Å². The number of rotatable bonds is 8. The Morgan fingerprint density at radius 1 is 1.50 bits per heavy atom. The number of nitrogens with one attached hydrogen (secondary N) is 1. The van der Waals surface area contributed by atoms with E-state index in [2.05, 4.69) is 10.3 Å². The third-order valence-electron chi connectivity index (χ3n) is 4.90. The molecule has 0 spiro atoms. The normalized spacial score (nSPS) is 23.7. The first-order valence-corrected chi connectivity index (χ1v) is 10.3. The molecule has 3 atom stereocenters. The van der Waals surface area contributed by atoms with Crippen LogP contribution in [-0.4, -0.2) is 64.4 Å². The summed E-state index contributed by atoms with van der Waals surface area (Å²) in [6, 6.07) is -0.396. The number of aromatic nitrogens is 2. The van der Waals surface area contributed by atoms with Gasteiger partial charge in [-0.25, -0.2) is 9.29 Å². The fourth-order valence-corrected chi connectivity index (χ4v) is 4.20. The van der Waals surface area contributed by atoms with Crippen molar-refractivity contribution in [2.24, 2.45) is 0 Å². The molecule has 1 saturated heterocycles. The molecule has 0 bridgehead atoms. The number of nitrogens with zero attached hydrogens (tertiary/aromatic N) is 4. The Kier molecular flexibility index (Phi) is 6.81. The van der Waals surface area contributed by atoms with E-state index in [1.54, 1.807) is 12.5 Å². The first-order chi connectivity index (χ1) is 13.5. The van der Waals surface area contributed by atoms with Gasteiger partial charge in [-0.2, -0.15) is 0 Å². The fourth-order valence-electron chi connectivity index (χ4n) is 3.39. The van der Waals surface area contributed by atoms with Gasteiger partial charge in [-0.05, 0) is 26.2 Å². The number of amides is 1. The summed E-state index contributed by atoms with van der Waals surface area (Å²) in [7, 11) is 0. The Morgan fingerprint density at radius 3 is 3.00 bits per heavy atom. The molecule has 2 aliphatic heterocycles. The smallest absolute Gasteiger partial charge is 0.387 e. The predicted molar refractivity (Wildman–Crippen MR) is 100 cm³/mol. The van der Waals surface area contributed by atoms with Crippen molar-refractivity contribution in [3.8, 4) is 0 Å². The highest BCUT2D eigenvalue weighted by Crippen LogP contribution is 2.24. The van der Waals surface area contributed by atoms with Crippen molar-refractivity contribution < 1.29 is 23.0 Å². The van der Waals surface area contributed by atoms with E-state index in [0.29, 0.717) is 24.1 Å². The highest BCUT2D eigenvalue weighted by Gasteiger charge is 2.35. The monoisotopic (exact) mass is 410 g/mol. The minimum Gasteiger partial charge on any atom is -0.760 e. The van der Waals surface area contributed by atoms with Crippen molar-refractivity contribution in [1.29, 1.82) is 0 Å². The second kappa shape index (κ2) is 9.30. The SMILES string of the molecule is CC1CCCC(COC2=[N+]([O-])C(C(=O)NCCCn3ccnc3)=C2)N1S(=O)[O-]. The molecule has 1 fully saturated rings. The van der Waals surface area contributed by atoms with Gasteiger partial charge >= 0.3 is 11.8 Å². The third-order valence-corrected chi connectivity index (χ3v) is 5.90. The number of hydrogen-bond donors (Lipinski definition) is 1. The van der Waals surface area contributed by atoms with Crippen molar-refractivity contribution in [3.05, 3.63) is 35.7 Å². The molecule has 0 saturated carbocycles. The average Bonchev–Trinajstić information content (AvgIpc) is 3.17. The van der Waals surface area contributed by atoms with Crippen LogP contribution in [0.2, 0.25) is 0 Å². The lowest BCUT2D eigenvalue weighted by Gasteiger charge is -2.40. The molecule has 0 radical (unpaired) electrons. The summed E-state index contributed by atoms with van der Waals surface area (Å²) in [5.74, 6) is -0.431. The maximum absolute atomic E-state index is 12.1. The van der Waals surface area contributed by atoms with E-state index in [9.17, 15) is 18.8 Å². The molecule has 10 nitrogen and oxygen atoms in total. The summed E-state index contributed by atoms with van der Waals surface area (Å²) in [5, 5.41) is 14.7. The number of piperidine rings is 1. The van der Waals surface area contributed by atoms with Gasteiger partial charge in [0.2, 0.25) is 0 Å². The number of carbonyl (C=O) groups is 1. The van der Waals surface area contributed by atoms with Crippen LogP contribution in [0, 0.1) is 5.21 Å². The van der Waals surface area contributed by atoms with E-state index in [1.165, 1.54) is 10.4 Å². The Bertz CT molecular complexity index is 779. The van der Waals surface area contributed by atoms with Gasteiger partial charge in [-0.3, -0.25) is 9.00 Å². The molecule has 28 heavy (non-hydrogen) atoms. The van der Waals surface area contributed by atoms with E-state index >= 15 is 0 Å². The van der Waals surface area contributed by atoms with Gasteiger partial charge in [0.25, 0.3) is 5.70 Å². The zero-order valence-electron chi connectivity index (χ0n) is 15.7. The number of carbonyl (C=O) groups excluding carboxylic acids is 1. The Hall–Kier alpha value is -2.24. The quantitative estimate of drug-likeness (QED) is 0.283. The highest BCUT2D eigenvalue weighted by molar-refractivity contribution is 7.76. The van der Waals surface area contributed by atoms with Crippen molar-refractivity contribution in [3.63, 3.8) is 0 Å². The number of hydrogen-bond acceptors (Lipinski definition) is 6. The van der Waals surface area contributed by atoms with Crippen LogP contribution in [0.15, 0.2) is 30.5 Å². The van der Waals surface area contributed by atoms with Crippen molar-refractivity contribution in [2.45, 2.75) is 51.2 Å². The molecule has 2 aliphatic rings. The van der Waals surface area contributed by atoms with E-state index < -0.39 is 17.2 Å². The van der Waals surface area contributed by atoms with Gasteiger partial charge in [0.1, 0.15) is 12.7 Å². The first-order valence-electron chi connectivity index (χ1n) is 9.27. The summed E-state index contributed by atoms with van der Waals surface area (Å²) in [6.45, 7) is 3.09. The molecule has 0 aliphatic carbocycles. The number of hydroxylamine groups is 1. The predicted octanol–water partition coefficient (Wildman–Crippen LogP) is 0.249. The van der Waals surface area contributed by atoms with E-state index in [4.69, 9.17) is 4.74 Å². The summed E-state index contributed by atoms with van der Waals surface area (Å²) < 4.78 is 32.1. The highest BCUT2D eigenvalue weighted by atomic mass is 32.2. The van der Waals surface area contributed by atoms with Crippen LogP contribution in [0.4, 0.5) is 0 Å². The van der Waals surface area contributed by atoms with Crippen LogP contribution in [0.3, 0.4) is 0 Å². The van der Waals surface area contributed by atoms with Gasteiger partial charge in [0.15, 0.2) is 0 Å². The average molecular weight is 410 g/mol. The summed E-state index contributed by atoms with van der Waals surface area (Å²) in [4.78, 5) is 16.0. The maximum Gasteiger partial charge on any atom is 0.387 e. The van der Waals surface area contributed by atoms with Crippen LogP contribution < -0.4 is 5.32 Å². The van der Waals surface area contributed by atoms with Crippen LogP contribution in [0.5, 0.6) is 0 Å². The number of aryl methyl sites for hydroxylation is 1. The molecule has 3 rings (SSSR count). The van der Waals surface area contributed by atoms with Gasteiger partial charge in [-0.1, -0.05) is 6.42 Å². The zero-order valence-corrected chi connectivity index (χ0v) is 16.5. The fraction of sp³-hybridized carbons (Fsp3) is 0.588. The second-order valence-electron chi connectivity index (χ2n) is 6.89. The Morgan fingerprint density at radius 2 is 2.32 bits per heavy atom. The van der Waals surface area contributed by atoms with Gasteiger partial charge in [0, 0.05) is 42.8 Å². The summed E-state index contributed by atoms with van der Waals surface area (Å²) >= 11 is -2.33. The molecule has 3 heterocycles. The van der Waals surface area contributed by atoms with Crippen LogP contribution in [-0.2, 0) is 27.3 Å². The molecule has 3 unspecified atom stereocenters. The molecular formula is C17H24N5O5S-. The van der Waals surface area contributed by atoms with E-state index in [0.717, 1.165) is 19.4 Å². The molecule has 1 N–H and O–H groups in total. The van der Waals surface area contributed by atoms with Crippen molar-refractivity contribution >= 4 is 23.1 Å². The third kappa shape index (κ3) is 4.78. The number of imidazole rings is 1. The van der Waals surface area contributed by atoms with Crippen LogP contribution in [0.1, 0.15) is 32.6 Å². The summed E-state index contributed by atoms with van der Waals surface area (Å²) in [6.07, 6.45) is 9.70. The minimum absolute atomic E-state index is 0.0149. The number of ether oxygens (including phenoxy) is 1. The topological polar surface area (TPSA) is 126 Å². The zero-order chi connectivity index (χ0) is 20.1.